The maximum Gasteiger partial charge on any atom is 0.422 e. The molecule has 0 aromatic carbocycles. The van der Waals surface area contributed by atoms with Gasteiger partial charge >= 0.3 is 6.18 Å². The van der Waals surface area contributed by atoms with Crippen LogP contribution >= 0.6 is 0 Å². The molecule has 1 aliphatic heterocycles. The van der Waals surface area contributed by atoms with Gasteiger partial charge in [0.25, 0.3) is 5.91 Å². The minimum absolute atomic E-state index is 0.144. The third kappa shape index (κ3) is 6.70. The minimum atomic E-state index is -4.45. The predicted octanol–water partition coefficient (Wildman–Crippen LogP) is 1.48. The van der Waals surface area contributed by atoms with E-state index in [-0.39, 0.29) is 42.3 Å². The van der Waals surface area contributed by atoms with Gasteiger partial charge in [0.1, 0.15) is 0 Å². The minimum Gasteiger partial charge on any atom is -0.468 e. The van der Waals surface area contributed by atoms with Crippen molar-refractivity contribution in [1.29, 1.82) is 0 Å². The molecule has 1 unspecified atom stereocenters. The molecular weight excluding hydrogens is 365 g/mol. The standard InChI is InChI=1S/C17H23F3N4O3/c18-17(19,20)11-27-15-5-4-12(9-23-15)16(26)24-8-2-1-3-13(24)10-22-14(25)6-7-21/h4-5,9,13H,1-3,6-8,10-11,21H2,(H,22,25). The van der Waals surface area contributed by atoms with Gasteiger partial charge in [0.15, 0.2) is 6.61 Å². The highest BCUT2D eigenvalue weighted by molar-refractivity contribution is 5.94. The van der Waals surface area contributed by atoms with Crippen molar-refractivity contribution in [2.24, 2.45) is 5.73 Å². The monoisotopic (exact) mass is 388 g/mol. The summed E-state index contributed by atoms with van der Waals surface area (Å²) < 4.78 is 41.0. The summed E-state index contributed by atoms with van der Waals surface area (Å²) in [5.74, 6) is -0.640. The molecular formula is C17H23F3N4O3. The summed E-state index contributed by atoms with van der Waals surface area (Å²) in [4.78, 5) is 29.8. The lowest BCUT2D eigenvalue weighted by Gasteiger charge is -2.36. The number of amides is 2. The van der Waals surface area contributed by atoms with Crippen LogP contribution in [-0.2, 0) is 4.79 Å². The van der Waals surface area contributed by atoms with Crippen LogP contribution in [0.25, 0.3) is 0 Å². The van der Waals surface area contributed by atoms with Crippen molar-refractivity contribution in [2.75, 3.05) is 26.2 Å². The first-order valence-corrected chi connectivity index (χ1v) is 8.73. The van der Waals surface area contributed by atoms with Crippen LogP contribution in [0.4, 0.5) is 13.2 Å². The Morgan fingerprint density at radius 2 is 2.11 bits per heavy atom. The number of alkyl halides is 3. The van der Waals surface area contributed by atoms with E-state index in [1.165, 1.54) is 18.3 Å². The second-order valence-electron chi connectivity index (χ2n) is 6.28. The van der Waals surface area contributed by atoms with E-state index in [9.17, 15) is 22.8 Å². The number of nitrogens with two attached hydrogens (primary N) is 1. The summed E-state index contributed by atoms with van der Waals surface area (Å²) in [5, 5.41) is 2.77. The highest BCUT2D eigenvalue weighted by Crippen LogP contribution is 2.21. The molecule has 2 heterocycles. The lowest BCUT2D eigenvalue weighted by atomic mass is 10.0. The average molecular weight is 388 g/mol. The largest absolute Gasteiger partial charge is 0.468 e. The normalized spacial score (nSPS) is 17.5. The van der Waals surface area contributed by atoms with E-state index in [4.69, 9.17) is 5.73 Å². The first-order chi connectivity index (χ1) is 12.8. The number of halogens is 3. The molecule has 7 nitrogen and oxygen atoms in total. The van der Waals surface area contributed by atoms with Gasteiger partial charge in [-0.2, -0.15) is 13.2 Å². The molecule has 1 aromatic rings. The van der Waals surface area contributed by atoms with Crippen LogP contribution in [0.15, 0.2) is 18.3 Å². The molecule has 0 radical (unpaired) electrons. The number of hydrogen-bond acceptors (Lipinski definition) is 5. The van der Waals surface area contributed by atoms with Crippen LogP contribution in [0.1, 0.15) is 36.0 Å². The summed E-state index contributed by atoms with van der Waals surface area (Å²) in [7, 11) is 0. The van der Waals surface area contributed by atoms with Crippen molar-refractivity contribution in [1.82, 2.24) is 15.2 Å². The molecule has 10 heteroatoms. The maximum absolute atomic E-state index is 12.7. The fourth-order valence-corrected chi connectivity index (χ4v) is 2.85. The number of likely N-dealkylation sites (tertiary alicyclic amines) is 1. The molecule has 1 fully saturated rings. The summed E-state index contributed by atoms with van der Waals surface area (Å²) in [6.45, 7) is -0.301. The van der Waals surface area contributed by atoms with Crippen LogP contribution in [0, 0.1) is 0 Å². The topological polar surface area (TPSA) is 97.6 Å². The molecule has 0 saturated carbocycles. The van der Waals surface area contributed by atoms with Crippen LogP contribution in [-0.4, -0.2) is 60.2 Å². The second-order valence-corrected chi connectivity index (χ2v) is 6.28. The maximum atomic E-state index is 12.7. The number of rotatable bonds is 7. The summed E-state index contributed by atoms with van der Waals surface area (Å²) in [5.41, 5.74) is 5.60. The van der Waals surface area contributed by atoms with Gasteiger partial charge < -0.3 is 20.7 Å². The molecule has 0 aliphatic carbocycles. The van der Waals surface area contributed by atoms with Gasteiger partial charge in [0.2, 0.25) is 11.8 Å². The average Bonchev–Trinajstić information content (AvgIpc) is 2.64. The lowest BCUT2D eigenvalue weighted by molar-refractivity contribution is -0.154. The predicted molar refractivity (Wildman–Crippen MR) is 91.1 cm³/mol. The number of nitrogens with one attached hydrogen (secondary N) is 1. The van der Waals surface area contributed by atoms with Crippen molar-refractivity contribution >= 4 is 11.8 Å². The first kappa shape index (κ1) is 20.9. The Hall–Kier alpha value is -2.36. The van der Waals surface area contributed by atoms with E-state index in [1.54, 1.807) is 4.90 Å². The van der Waals surface area contributed by atoms with Gasteiger partial charge in [-0.25, -0.2) is 4.98 Å². The SMILES string of the molecule is NCCC(=O)NCC1CCCCN1C(=O)c1ccc(OCC(F)(F)F)nc1. The Balaban J connectivity index is 1.97. The molecule has 150 valence electrons. The Morgan fingerprint density at radius 3 is 2.74 bits per heavy atom. The van der Waals surface area contributed by atoms with E-state index >= 15 is 0 Å². The van der Waals surface area contributed by atoms with Gasteiger partial charge in [0.05, 0.1) is 5.56 Å². The fourth-order valence-electron chi connectivity index (χ4n) is 2.85. The molecule has 2 rings (SSSR count). The molecule has 1 atom stereocenters. The lowest BCUT2D eigenvalue weighted by Crippen LogP contribution is -2.49. The number of aromatic nitrogens is 1. The summed E-state index contributed by atoms with van der Waals surface area (Å²) in [6, 6.07) is 2.48. The molecule has 1 aliphatic rings. The number of pyridine rings is 1. The molecule has 2 amide bonds. The number of carbonyl (C=O) groups is 2. The van der Waals surface area contributed by atoms with Crippen molar-refractivity contribution in [3.05, 3.63) is 23.9 Å². The van der Waals surface area contributed by atoms with Crippen molar-refractivity contribution in [3.8, 4) is 5.88 Å². The van der Waals surface area contributed by atoms with E-state index in [1.807, 2.05) is 0 Å². The van der Waals surface area contributed by atoms with Crippen molar-refractivity contribution < 1.29 is 27.5 Å². The summed E-state index contributed by atoms with van der Waals surface area (Å²) in [6.07, 6.45) is -0.472. The number of nitrogens with zero attached hydrogens (tertiary/aromatic N) is 2. The zero-order valence-electron chi connectivity index (χ0n) is 14.8. The van der Waals surface area contributed by atoms with Crippen LogP contribution in [0.5, 0.6) is 5.88 Å². The fraction of sp³-hybridized carbons (Fsp3) is 0.588. The quantitative estimate of drug-likeness (QED) is 0.738. The van der Waals surface area contributed by atoms with Gasteiger partial charge in [-0.15, -0.1) is 0 Å². The van der Waals surface area contributed by atoms with E-state index in [0.29, 0.717) is 13.1 Å². The van der Waals surface area contributed by atoms with Crippen molar-refractivity contribution in [2.45, 2.75) is 37.9 Å². The van der Waals surface area contributed by atoms with E-state index in [2.05, 4.69) is 15.0 Å². The van der Waals surface area contributed by atoms with Gasteiger partial charge in [0, 0.05) is 44.4 Å². The number of carbonyl (C=O) groups excluding carboxylic acids is 2. The van der Waals surface area contributed by atoms with Gasteiger partial charge in [-0.05, 0) is 25.3 Å². The van der Waals surface area contributed by atoms with Crippen LogP contribution in [0.2, 0.25) is 0 Å². The Labute approximate surface area is 155 Å². The third-order valence-electron chi connectivity index (χ3n) is 4.16. The zero-order valence-corrected chi connectivity index (χ0v) is 14.8. The zero-order chi connectivity index (χ0) is 19.9. The van der Waals surface area contributed by atoms with Crippen molar-refractivity contribution in [3.63, 3.8) is 0 Å². The Kier molecular flexibility index (Phi) is 7.40. The first-order valence-electron chi connectivity index (χ1n) is 8.73. The van der Waals surface area contributed by atoms with Gasteiger partial charge in [-0.3, -0.25) is 9.59 Å². The Morgan fingerprint density at radius 1 is 1.33 bits per heavy atom. The third-order valence-corrected chi connectivity index (χ3v) is 4.16. The van der Waals surface area contributed by atoms with Gasteiger partial charge in [-0.1, -0.05) is 0 Å². The molecule has 27 heavy (non-hydrogen) atoms. The van der Waals surface area contributed by atoms with Crippen LogP contribution < -0.4 is 15.8 Å². The second kappa shape index (κ2) is 9.54. The number of hydrogen-bond donors (Lipinski definition) is 2. The highest BCUT2D eigenvalue weighted by atomic mass is 19.4. The molecule has 1 aromatic heterocycles. The molecule has 0 spiro atoms. The molecule has 3 N–H and O–H groups in total. The Bertz CT molecular complexity index is 637. The van der Waals surface area contributed by atoms with E-state index < -0.39 is 12.8 Å². The summed E-state index contributed by atoms with van der Waals surface area (Å²) >= 11 is 0. The number of ether oxygens (including phenoxy) is 1. The number of piperidine rings is 1. The molecule has 0 bridgehead atoms. The molecule has 1 saturated heterocycles. The smallest absolute Gasteiger partial charge is 0.422 e. The highest BCUT2D eigenvalue weighted by Gasteiger charge is 2.29. The van der Waals surface area contributed by atoms with Crippen LogP contribution in [0.3, 0.4) is 0 Å². The van der Waals surface area contributed by atoms with E-state index in [0.717, 1.165) is 19.3 Å².